The van der Waals surface area contributed by atoms with Gasteiger partial charge in [0.2, 0.25) is 0 Å². The number of aromatic nitrogens is 1. The van der Waals surface area contributed by atoms with Gasteiger partial charge in [-0.1, -0.05) is 0 Å². The van der Waals surface area contributed by atoms with Crippen molar-refractivity contribution < 1.29 is 0 Å². The van der Waals surface area contributed by atoms with Crippen molar-refractivity contribution in [3.8, 4) is 0 Å². The Kier molecular flexibility index (Phi) is 2.55. The average Bonchev–Trinajstić information content (AvgIpc) is 2.51. The van der Waals surface area contributed by atoms with Gasteiger partial charge in [-0.05, 0) is 54.8 Å². The fraction of sp³-hybridized carbons (Fsp3) is 0.333. The fourth-order valence-corrected chi connectivity index (χ4v) is 2.01. The summed E-state index contributed by atoms with van der Waals surface area (Å²) in [4.78, 5) is 3.31. The van der Waals surface area contributed by atoms with E-state index >= 15 is 0 Å². The molecule has 2 rings (SSSR count). The molecule has 1 N–H and O–H groups in total. The van der Waals surface area contributed by atoms with Crippen LogP contribution in [0, 0.1) is 13.8 Å². The fourth-order valence-electron chi connectivity index (χ4n) is 1.77. The summed E-state index contributed by atoms with van der Waals surface area (Å²) in [7, 11) is 0. The summed E-state index contributed by atoms with van der Waals surface area (Å²) in [5.74, 6) is 0.903. The van der Waals surface area contributed by atoms with E-state index in [1.54, 1.807) is 0 Å². The van der Waals surface area contributed by atoms with Crippen molar-refractivity contribution in [2.75, 3.05) is 5.75 Å². The first-order chi connectivity index (χ1) is 6.72. The van der Waals surface area contributed by atoms with Crippen LogP contribution in [0.25, 0.3) is 10.9 Å². The largest absolute Gasteiger partial charge is 0.361 e. The first-order valence-corrected chi connectivity index (χ1v) is 5.53. The number of nitrogens with one attached hydrogen (secondary N) is 1. The Morgan fingerprint density at radius 3 is 2.64 bits per heavy atom. The van der Waals surface area contributed by atoms with E-state index in [9.17, 15) is 0 Å². The number of thiol groups is 1. The summed E-state index contributed by atoms with van der Waals surface area (Å²) in [6.07, 6.45) is 3.13. The van der Waals surface area contributed by atoms with Crippen LogP contribution >= 0.6 is 12.6 Å². The van der Waals surface area contributed by atoms with Crippen molar-refractivity contribution in [3.63, 3.8) is 0 Å². The zero-order valence-corrected chi connectivity index (χ0v) is 9.49. The van der Waals surface area contributed by atoms with Crippen LogP contribution < -0.4 is 0 Å². The minimum atomic E-state index is 0.903. The Hall–Kier alpha value is -0.890. The van der Waals surface area contributed by atoms with Gasteiger partial charge in [0.25, 0.3) is 0 Å². The lowest BCUT2D eigenvalue weighted by Gasteiger charge is -2.01. The molecule has 1 heterocycles. The van der Waals surface area contributed by atoms with Crippen molar-refractivity contribution in [1.82, 2.24) is 4.98 Å². The lowest BCUT2D eigenvalue weighted by atomic mass is 10.0. The molecule has 1 nitrogen and oxygen atoms in total. The molecular formula is C12H15NS. The van der Waals surface area contributed by atoms with Crippen molar-refractivity contribution in [2.24, 2.45) is 0 Å². The van der Waals surface area contributed by atoms with E-state index in [-0.39, 0.29) is 0 Å². The number of hydrogen-bond acceptors (Lipinski definition) is 1. The van der Waals surface area contributed by atoms with Gasteiger partial charge in [0, 0.05) is 17.1 Å². The van der Waals surface area contributed by atoms with E-state index in [2.05, 4.69) is 49.8 Å². The lowest BCUT2D eigenvalue weighted by molar-refractivity contribution is 1.18. The van der Waals surface area contributed by atoms with Gasteiger partial charge in [0.05, 0.1) is 0 Å². The van der Waals surface area contributed by atoms with E-state index in [4.69, 9.17) is 0 Å². The van der Waals surface area contributed by atoms with E-state index in [1.807, 2.05) is 0 Å². The molecule has 74 valence electrons. The third kappa shape index (κ3) is 1.55. The zero-order chi connectivity index (χ0) is 10.1. The van der Waals surface area contributed by atoms with Crippen molar-refractivity contribution >= 4 is 23.5 Å². The molecule has 14 heavy (non-hydrogen) atoms. The van der Waals surface area contributed by atoms with Crippen molar-refractivity contribution in [2.45, 2.75) is 20.3 Å². The summed E-state index contributed by atoms with van der Waals surface area (Å²) in [5.41, 5.74) is 5.32. The number of benzene rings is 1. The average molecular weight is 205 g/mol. The summed E-state index contributed by atoms with van der Waals surface area (Å²) in [6.45, 7) is 4.31. The van der Waals surface area contributed by atoms with E-state index < -0.39 is 0 Å². The molecule has 0 aliphatic rings. The Labute approximate surface area is 89.9 Å². The Balaban J connectivity index is 2.61. The lowest BCUT2D eigenvalue weighted by Crippen LogP contribution is -1.85. The SMILES string of the molecule is Cc1cc2[nH]cc(CCS)c2cc1C. The van der Waals surface area contributed by atoms with Crippen LogP contribution in [0.2, 0.25) is 0 Å². The predicted octanol–water partition coefficient (Wildman–Crippen LogP) is 3.26. The zero-order valence-electron chi connectivity index (χ0n) is 8.59. The molecule has 0 amide bonds. The predicted molar refractivity (Wildman–Crippen MR) is 65.3 cm³/mol. The second-order valence-corrected chi connectivity index (χ2v) is 4.22. The molecule has 1 aromatic heterocycles. The van der Waals surface area contributed by atoms with Crippen LogP contribution in [0.15, 0.2) is 18.3 Å². The van der Waals surface area contributed by atoms with Crippen LogP contribution in [0.3, 0.4) is 0 Å². The summed E-state index contributed by atoms with van der Waals surface area (Å²) < 4.78 is 0. The van der Waals surface area contributed by atoms with Crippen molar-refractivity contribution in [3.05, 3.63) is 35.0 Å². The molecule has 0 atom stereocenters. The number of H-pyrrole nitrogens is 1. The van der Waals surface area contributed by atoms with Gasteiger partial charge in [-0.15, -0.1) is 0 Å². The van der Waals surface area contributed by atoms with Gasteiger partial charge in [0.15, 0.2) is 0 Å². The van der Waals surface area contributed by atoms with Gasteiger partial charge in [-0.2, -0.15) is 12.6 Å². The highest BCUT2D eigenvalue weighted by molar-refractivity contribution is 7.80. The molecule has 2 heteroatoms. The Morgan fingerprint density at radius 1 is 1.21 bits per heavy atom. The van der Waals surface area contributed by atoms with E-state index in [1.165, 1.54) is 27.6 Å². The second kappa shape index (κ2) is 3.70. The molecule has 0 saturated carbocycles. The van der Waals surface area contributed by atoms with Crippen LogP contribution in [0.4, 0.5) is 0 Å². The molecule has 0 fully saturated rings. The van der Waals surface area contributed by atoms with E-state index in [0.29, 0.717) is 0 Å². The first kappa shape index (κ1) is 9.66. The molecule has 2 aromatic rings. The quantitative estimate of drug-likeness (QED) is 0.700. The smallest absolute Gasteiger partial charge is 0.0459 e. The number of fused-ring (bicyclic) bond motifs is 1. The number of aryl methyl sites for hydroxylation is 3. The van der Waals surface area contributed by atoms with Crippen LogP contribution in [-0.4, -0.2) is 10.7 Å². The normalized spacial score (nSPS) is 11.1. The summed E-state index contributed by atoms with van der Waals surface area (Å²) >= 11 is 4.26. The third-order valence-electron chi connectivity index (χ3n) is 2.76. The minimum Gasteiger partial charge on any atom is -0.361 e. The molecule has 0 radical (unpaired) electrons. The number of rotatable bonds is 2. The highest BCUT2D eigenvalue weighted by Gasteiger charge is 2.04. The molecule has 0 aliphatic carbocycles. The molecular weight excluding hydrogens is 190 g/mol. The van der Waals surface area contributed by atoms with E-state index in [0.717, 1.165) is 12.2 Å². The summed E-state index contributed by atoms with van der Waals surface area (Å²) in [5, 5.41) is 1.35. The monoisotopic (exact) mass is 205 g/mol. The molecule has 0 unspecified atom stereocenters. The Morgan fingerprint density at radius 2 is 1.93 bits per heavy atom. The molecule has 0 spiro atoms. The Bertz CT molecular complexity index is 457. The minimum absolute atomic E-state index is 0.903. The maximum atomic E-state index is 4.26. The van der Waals surface area contributed by atoms with Gasteiger partial charge < -0.3 is 4.98 Å². The van der Waals surface area contributed by atoms with Crippen LogP contribution in [0.5, 0.6) is 0 Å². The van der Waals surface area contributed by atoms with Crippen LogP contribution in [-0.2, 0) is 6.42 Å². The molecule has 0 saturated heterocycles. The number of hydrogen-bond donors (Lipinski definition) is 2. The molecule has 0 bridgehead atoms. The second-order valence-electron chi connectivity index (χ2n) is 3.77. The third-order valence-corrected chi connectivity index (χ3v) is 2.99. The topological polar surface area (TPSA) is 15.8 Å². The number of aromatic amines is 1. The molecule has 0 aliphatic heterocycles. The first-order valence-electron chi connectivity index (χ1n) is 4.90. The highest BCUT2D eigenvalue weighted by atomic mass is 32.1. The molecule has 1 aromatic carbocycles. The maximum absolute atomic E-state index is 4.26. The van der Waals surface area contributed by atoms with Crippen molar-refractivity contribution in [1.29, 1.82) is 0 Å². The van der Waals surface area contributed by atoms with Crippen LogP contribution in [0.1, 0.15) is 16.7 Å². The highest BCUT2D eigenvalue weighted by Crippen LogP contribution is 2.22. The van der Waals surface area contributed by atoms with Gasteiger partial charge in [-0.3, -0.25) is 0 Å². The standard InChI is InChI=1S/C12H15NS/c1-8-5-11-10(3-4-14)7-13-12(11)6-9(8)2/h5-7,13-14H,3-4H2,1-2H3. The van der Waals surface area contributed by atoms with Gasteiger partial charge >= 0.3 is 0 Å². The van der Waals surface area contributed by atoms with Gasteiger partial charge in [-0.25, -0.2) is 0 Å². The summed E-state index contributed by atoms with van der Waals surface area (Å²) in [6, 6.07) is 4.48. The maximum Gasteiger partial charge on any atom is 0.0459 e. The van der Waals surface area contributed by atoms with Gasteiger partial charge in [0.1, 0.15) is 0 Å².